The summed E-state index contributed by atoms with van der Waals surface area (Å²) in [5.74, 6) is 2.02. The average molecular weight is 318 g/mol. The van der Waals surface area contributed by atoms with Crippen LogP contribution in [0.4, 0.5) is 5.13 Å². The Morgan fingerprint density at radius 2 is 2.00 bits per heavy atom. The van der Waals surface area contributed by atoms with E-state index in [9.17, 15) is 0 Å². The highest BCUT2D eigenvalue weighted by molar-refractivity contribution is 7.16. The van der Waals surface area contributed by atoms with Crippen molar-refractivity contribution in [3.8, 4) is 28.5 Å². The molecule has 0 bridgehead atoms. The lowest BCUT2D eigenvalue weighted by Crippen LogP contribution is -2.32. The van der Waals surface area contributed by atoms with Gasteiger partial charge in [-0.25, -0.2) is 4.98 Å². The van der Waals surface area contributed by atoms with Crippen molar-refractivity contribution in [2.24, 2.45) is 0 Å². The molecule has 0 atom stereocenters. The van der Waals surface area contributed by atoms with Gasteiger partial charge in [0.1, 0.15) is 5.60 Å². The van der Waals surface area contributed by atoms with Gasteiger partial charge < -0.3 is 19.9 Å². The monoisotopic (exact) mass is 318 g/mol. The van der Waals surface area contributed by atoms with Crippen molar-refractivity contribution in [1.29, 1.82) is 0 Å². The molecule has 22 heavy (non-hydrogen) atoms. The topological polar surface area (TPSA) is 66.6 Å². The first-order valence-electron chi connectivity index (χ1n) is 7.39. The van der Waals surface area contributed by atoms with Crippen LogP contribution in [-0.4, -0.2) is 19.2 Å². The van der Waals surface area contributed by atoms with Gasteiger partial charge >= 0.3 is 0 Å². The van der Waals surface area contributed by atoms with Gasteiger partial charge in [0, 0.05) is 5.56 Å². The van der Waals surface area contributed by atoms with Crippen LogP contribution in [-0.2, 0) is 5.60 Å². The Bertz CT molecular complexity index is 735. The highest BCUT2D eigenvalue weighted by Crippen LogP contribution is 2.58. The number of ether oxygens (including phenoxy) is 3. The molecule has 1 aromatic carbocycles. The SMILES string of the molecule is COc1ccc2c(c1OC)OC1(CCCC1)c1sc(N)nc1-2. The Morgan fingerprint density at radius 1 is 1.23 bits per heavy atom. The Morgan fingerprint density at radius 3 is 2.68 bits per heavy atom. The molecule has 6 heteroatoms. The van der Waals surface area contributed by atoms with Crippen molar-refractivity contribution in [3.05, 3.63) is 17.0 Å². The van der Waals surface area contributed by atoms with Crippen molar-refractivity contribution in [2.45, 2.75) is 31.3 Å². The lowest BCUT2D eigenvalue weighted by Gasteiger charge is -2.35. The van der Waals surface area contributed by atoms with E-state index in [1.54, 1.807) is 25.6 Å². The van der Waals surface area contributed by atoms with Gasteiger partial charge in [0.2, 0.25) is 5.75 Å². The van der Waals surface area contributed by atoms with Crippen molar-refractivity contribution in [3.63, 3.8) is 0 Å². The largest absolute Gasteiger partial charge is 0.493 e. The molecular formula is C16H18N2O3S. The Balaban J connectivity index is 1.99. The van der Waals surface area contributed by atoms with Gasteiger partial charge in [-0.3, -0.25) is 0 Å². The van der Waals surface area contributed by atoms with Gasteiger partial charge in [0.05, 0.1) is 24.8 Å². The molecule has 5 nitrogen and oxygen atoms in total. The second kappa shape index (κ2) is 4.78. The van der Waals surface area contributed by atoms with E-state index in [-0.39, 0.29) is 5.60 Å². The number of nitrogens with two attached hydrogens (primary N) is 1. The van der Waals surface area contributed by atoms with Crippen LogP contribution in [0.2, 0.25) is 0 Å². The Hall–Kier alpha value is -1.95. The van der Waals surface area contributed by atoms with Crippen LogP contribution in [0.1, 0.15) is 30.6 Å². The fourth-order valence-electron chi connectivity index (χ4n) is 3.53. The molecule has 2 N–H and O–H groups in total. The maximum absolute atomic E-state index is 6.49. The smallest absolute Gasteiger partial charge is 0.204 e. The molecule has 0 radical (unpaired) electrons. The van der Waals surface area contributed by atoms with E-state index in [1.165, 1.54) is 0 Å². The van der Waals surface area contributed by atoms with Gasteiger partial charge in [0.15, 0.2) is 16.6 Å². The number of methoxy groups -OCH3 is 2. The summed E-state index contributed by atoms with van der Waals surface area (Å²) in [6.45, 7) is 0. The predicted octanol–water partition coefficient (Wildman–Crippen LogP) is 3.57. The summed E-state index contributed by atoms with van der Waals surface area (Å²) in [6, 6.07) is 3.85. The van der Waals surface area contributed by atoms with E-state index in [2.05, 4.69) is 4.98 Å². The van der Waals surface area contributed by atoms with Crippen LogP contribution < -0.4 is 19.9 Å². The van der Waals surface area contributed by atoms with Crippen molar-refractivity contribution in [2.75, 3.05) is 20.0 Å². The third-order valence-electron chi connectivity index (χ3n) is 4.52. The zero-order valence-electron chi connectivity index (χ0n) is 12.6. The van der Waals surface area contributed by atoms with Crippen molar-refractivity contribution in [1.82, 2.24) is 4.98 Å². The molecule has 1 saturated carbocycles. The zero-order valence-corrected chi connectivity index (χ0v) is 13.5. The first-order chi connectivity index (χ1) is 10.7. The van der Waals surface area contributed by atoms with Crippen LogP contribution in [0.5, 0.6) is 17.2 Å². The van der Waals surface area contributed by atoms with Gasteiger partial charge in [0.25, 0.3) is 0 Å². The fourth-order valence-corrected chi connectivity index (χ4v) is 4.56. The summed E-state index contributed by atoms with van der Waals surface area (Å²) in [7, 11) is 3.26. The number of fused-ring (bicyclic) bond motifs is 4. The first kappa shape index (κ1) is 13.7. The van der Waals surface area contributed by atoms with E-state index in [4.69, 9.17) is 19.9 Å². The highest BCUT2D eigenvalue weighted by atomic mass is 32.1. The number of nitrogen functional groups attached to an aromatic ring is 1. The minimum absolute atomic E-state index is 0.308. The number of anilines is 1. The first-order valence-corrected chi connectivity index (χ1v) is 8.21. The lowest BCUT2D eigenvalue weighted by molar-refractivity contribution is 0.0705. The number of hydrogen-bond acceptors (Lipinski definition) is 6. The summed E-state index contributed by atoms with van der Waals surface area (Å²) >= 11 is 1.54. The summed E-state index contributed by atoms with van der Waals surface area (Å²) in [5, 5.41) is 0.586. The van der Waals surface area contributed by atoms with Crippen LogP contribution in [0.25, 0.3) is 11.3 Å². The predicted molar refractivity (Wildman–Crippen MR) is 85.8 cm³/mol. The highest BCUT2D eigenvalue weighted by Gasteiger charge is 2.47. The number of thiazole rings is 1. The zero-order chi connectivity index (χ0) is 15.3. The van der Waals surface area contributed by atoms with Crippen LogP contribution in [0.3, 0.4) is 0 Å². The number of aromatic nitrogens is 1. The van der Waals surface area contributed by atoms with Crippen molar-refractivity contribution < 1.29 is 14.2 Å². The quantitative estimate of drug-likeness (QED) is 0.917. The number of rotatable bonds is 2. The Labute approximate surface area is 133 Å². The van der Waals surface area contributed by atoms with E-state index < -0.39 is 0 Å². The molecule has 1 fully saturated rings. The normalized spacial score (nSPS) is 17.7. The average Bonchev–Trinajstić information content (AvgIpc) is 3.14. The molecule has 2 aromatic rings. The van der Waals surface area contributed by atoms with Gasteiger partial charge in [-0.15, -0.1) is 0 Å². The summed E-state index contributed by atoms with van der Waals surface area (Å²) in [6.07, 6.45) is 4.28. The lowest BCUT2D eigenvalue weighted by atomic mass is 9.92. The number of nitrogens with zero attached hydrogens (tertiary/aromatic N) is 1. The molecule has 2 aliphatic rings. The second-order valence-electron chi connectivity index (χ2n) is 5.71. The molecule has 4 rings (SSSR count). The van der Waals surface area contributed by atoms with Gasteiger partial charge in [-0.05, 0) is 37.8 Å². The maximum atomic E-state index is 6.49. The molecule has 116 valence electrons. The van der Waals surface area contributed by atoms with E-state index in [1.807, 2.05) is 12.1 Å². The third-order valence-corrected chi connectivity index (χ3v) is 5.59. The van der Waals surface area contributed by atoms with Crippen LogP contribution in [0.15, 0.2) is 12.1 Å². The molecule has 2 heterocycles. The third kappa shape index (κ3) is 1.73. The summed E-state index contributed by atoms with van der Waals surface area (Å²) in [4.78, 5) is 5.72. The summed E-state index contributed by atoms with van der Waals surface area (Å²) < 4.78 is 17.4. The van der Waals surface area contributed by atoms with E-state index >= 15 is 0 Å². The molecular weight excluding hydrogens is 300 g/mol. The summed E-state index contributed by atoms with van der Waals surface area (Å²) in [5.41, 5.74) is 7.55. The Kier molecular flexibility index (Phi) is 2.97. The maximum Gasteiger partial charge on any atom is 0.204 e. The molecule has 1 aliphatic heterocycles. The van der Waals surface area contributed by atoms with Gasteiger partial charge in [-0.2, -0.15) is 0 Å². The van der Waals surface area contributed by atoms with E-state index in [0.717, 1.165) is 47.6 Å². The van der Waals surface area contributed by atoms with Crippen molar-refractivity contribution >= 4 is 16.5 Å². The van der Waals surface area contributed by atoms with Crippen LogP contribution in [0, 0.1) is 0 Å². The minimum Gasteiger partial charge on any atom is -0.493 e. The molecule has 1 aromatic heterocycles. The van der Waals surface area contributed by atoms with Crippen LogP contribution >= 0.6 is 11.3 Å². The van der Waals surface area contributed by atoms with E-state index in [0.29, 0.717) is 16.6 Å². The molecule has 1 aliphatic carbocycles. The molecule has 1 spiro atoms. The molecule has 0 amide bonds. The fraction of sp³-hybridized carbons (Fsp3) is 0.438. The minimum atomic E-state index is -0.308. The molecule has 0 unspecified atom stereocenters. The standard InChI is InChI=1S/C16H18N2O3S/c1-19-10-6-5-9-11-14(22-15(17)18-11)16(7-3-4-8-16)21-12(9)13(10)20-2/h5-6H,3-4,7-8H2,1-2H3,(H2,17,18). The molecule has 0 saturated heterocycles. The van der Waals surface area contributed by atoms with Gasteiger partial charge in [-0.1, -0.05) is 11.3 Å². The number of hydrogen-bond donors (Lipinski definition) is 1. The second-order valence-corrected chi connectivity index (χ2v) is 6.74. The number of benzene rings is 1.